The second kappa shape index (κ2) is 11.1. The number of hydrogen-bond donors (Lipinski definition) is 1. The number of methoxy groups -OCH3 is 2. The summed E-state index contributed by atoms with van der Waals surface area (Å²) in [6, 6.07) is 15.7. The predicted octanol–water partition coefficient (Wildman–Crippen LogP) is 4.23. The molecule has 2 aromatic carbocycles. The van der Waals surface area contributed by atoms with Crippen molar-refractivity contribution in [1.29, 1.82) is 0 Å². The molecule has 4 rings (SSSR count). The Labute approximate surface area is 201 Å². The van der Waals surface area contributed by atoms with Gasteiger partial charge in [-0.25, -0.2) is 4.98 Å². The van der Waals surface area contributed by atoms with Crippen LogP contribution < -0.4 is 24.4 Å². The minimum Gasteiger partial charge on any atom is -0.493 e. The minimum atomic E-state index is -0.168. The molecule has 7 heteroatoms. The molecular formula is C27H33N3O4. The lowest BCUT2D eigenvalue weighted by Gasteiger charge is -2.31. The Kier molecular flexibility index (Phi) is 7.72. The summed E-state index contributed by atoms with van der Waals surface area (Å²) in [5.41, 5.74) is 1.84. The molecule has 0 unspecified atom stereocenters. The summed E-state index contributed by atoms with van der Waals surface area (Å²) in [6.45, 7) is 4.79. The third-order valence-electron chi connectivity index (χ3n) is 6.32. The molecule has 180 valence electrons. The molecule has 1 saturated heterocycles. The number of amides is 1. The zero-order valence-electron chi connectivity index (χ0n) is 20.2. The number of rotatable bonds is 9. The van der Waals surface area contributed by atoms with Crippen LogP contribution in [-0.2, 0) is 11.2 Å². The zero-order valence-corrected chi connectivity index (χ0v) is 20.2. The minimum absolute atomic E-state index is 0.0574. The topological polar surface area (TPSA) is 72.9 Å². The van der Waals surface area contributed by atoms with Gasteiger partial charge in [0.2, 0.25) is 0 Å². The largest absolute Gasteiger partial charge is 0.493 e. The van der Waals surface area contributed by atoms with Gasteiger partial charge in [-0.1, -0.05) is 25.1 Å². The molecule has 1 aliphatic rings. The van der Waals surface area contributed by atoms with Crippen LogP contribution in [0.15, 0.2) is 48.5 Å². The van der Waals surface area contributed by atoms with Gasteiger partial charge in [-0.15, -0.1) is 0 Å². The van der Waals surface area contributed by atoms with Crippen LogP contribution in [-0.4, -0.2) is 51.4 Å². The average molecular weight is 464 g/mol. The fraction of sp³-hybridized carbons (Fsp3) is 0.407. The first-order chi connectivity index (χ1) is 16.6. The van der Waals surface area contributed by atoms with E-state index in [-0.39, 0.29) is 12.5 Å². The first-order valence-electron chi connectivity index (χ1n) is 11.8. The number of para-hydroxylation sites is 1. The van der Waals surface area contributed by atoms with Gasteiger partial charge >= 0.3 is 0 Å². The van der Waals surface area contributed by atoms with Gasteiger partial charge in [-0.3, -0.25) is 4.79 Å². The van der Waals surface area contributed by atoms with E-state index < -0.39 is 0 Å². The van der Waals surface area contributed by atoms with Crippen molar-refractivity contribution in [2.45, 2.75) is 26.2 Å². The molecular weight excluding hydrogens is 430 g/mol. The van der Waals surface area contributed by atoms with Crippen molar-refractivity contribution in [2.24, 2.45) is 5.92 Å². The number of aromatic nitrogens is 1. The van der Waals surface area contributed by atoms with Crippen LogP contribution in [0.25, 0.3) is 10.9 Å². The molecule has 34 heavy (non-hydrogen) atoms. The maximum atomic E-state index is 12.4. The Bertz CT molecular complexity index is 1130. The SMILES string of the molecule is COc1ccc(CCNC(=O)COc2cccc3ccc(N4CCC(C)CC4)nc23)cc1OC. The summed E-state index contributed by atoms with van der Waals surface area (Å²) in [7, 11) is 3.22. The van der Waals surface area contributed by atoms with Gasteiger partial charge in [0, 0.05) is 25.0 Å². The highest BCUT2D eigenvalue weighted by molar-refractivity contribution is 5.86. The van der Waals surface area contributed by atoms with Crippen LogP contribution in [0, 0.1) is 5.92 Å². The second-order valence-corrected chi connectivity index (χ2v) is 8.74. The highest BCUT2D eigenvalue weighted by atomic mass is 16.5. The molecule has 0 radical (unpaired) electrons. The van der Waals surface area contributed by atoms with E-state index in [4.69, 9.17) is 19.2 Å². The third-order valence-corrected chi connectivity index (χ3v) is 6.32. The molecule has 7 nitrogen and oxygen atoms in total. The van der Waals surface area contributed by atoms with Crippen molar-refractivity contribution < 1.29 is 19.0 Å². The number of benzene rings is 2. The number of pyridine rings is 1. The summed E-state index contributed by atoms with van der Waals surface area (Å²) < 4.78 is 16.5. The van der Waals surface area contributed by atoms with E-state index in [0.29, 0.717) is 30.2 Å². The van der Waals surface area contributed by atoms with Gasteiger partial charge in [-0.2, -0.15) is 0 Å². The van der Waals surface area contributed by atoms with E-state index in [1.165, 1.54) is 12.8 Å². The second-order valence-electron chi connectivity index (χ2n) is 8.74. The molecule has 0 spiro atoms. The predicted molar refractivity (Wildman–Crippen MR) is 134 cm³/mol. The van der Waals surface area contributed by atoms with Crippen molar-refractivity contribution in [3.63, 3.8) is 0 Å². The Morgan fingerprint density at radius 3 is 2.59 bits per heavy atom. The van der Waals surface area contributed by atoms with E-state index in [2.05, 4.69) is 29.3 Å². The Balaban J connectivity index is 1.33. The zero-order chi connectivity index (χ0) is 23.9. The third kappa shape index (κ3) is 5.71. The highest BCUT2D eigenvalue weighted by Gasteiger charge is 2.18. The molecule has 1 fully saturated rings. The van der Waals surface area contributed by atoms with Crippen molar-refractivity contribution in [3.8, 4) is 17.2 Å². The molecule has 0 atom stereocenters. The maximum Gasteiger partial charge on any atom is 0.257 e. The van der Waals surface area contributed by atoms with E-state index in [1.807, 2.05) is 36.4 Å². The molecule has 0 aliphatic carbocycles. The number of nitrogens with one attached hydrogen (secondary N) is 1. The Morgan fingerprint density at radius 2 is 1.82 bits per heavy atom. The van der Waals surface area contributed by atoms with Gasteiger partial charge in [-0.05, 0) is 61.1 Å². The molecule has 1 aromatic heterocycles. The molecule has 1 aliphatic heterocycles. The monoisotopic (exact) mass is 463 g/mol. The van der Waals surface area contributed by atoms with Crippen molar-refractivity contribution >= 4 is 22.6 Å². The summed E-state index contributed by atoms with van der Waals surface area (Å²) in [6.07, 6.45) is 3.04. The summed E-state index contributed by atoms with van der Waals surface area (Å²) >= 11 is 0. The van der Waals surface area contributed by atoms with Gasteiger partial charge in [0.1, 0.15) is 17.1 Å². The number of piperidine rings is 1. The first kappa shape index (κ1) is 23.7. The molecule has 0 bridgehead atoms. The molecule has 1 N–H and O–H groups in total. The lowest BCUT2D eigenvalue weighted by Crippen LogP contribution is -2.33. The molecule has 0 saturated carbocycles. The van der Waals surface area contributed by atoms with E-state index in [9.17, 15) is 4.79 Å². The van der Waals surface area contributed by atoms with Crippen molar-refractivity contribution in [1.82, 2.24) is 10.3 Å². The number of ether oxygens (including phenoxy) is 3. The standard InChI is InChI=1S/C27H33N3O4/c1-19-12-15-30(16-13-19)25-10-8-21-5-4-6-23(27(21)29-25)34-18-26(31)28-14-11-20-7-9-22(32-2)24(17-20)33-3/h4-10,17,19H,11-16,18H2,1-3H3,(H,28,31). The number of fused-ring (bicyclic) bond motifs is 1. The lowest BCUT2D eigenvalue weighted by molar-refractivity contribution is -0.123. The maximum absolute atomic E-state index is 12.4. The van der Waals surface area contributed by atoms with E-state index >= 15 is 0 Å². The normalized spacial score (nSPS) is 14.1. The molecule has 2 heterocycles. The quantitative estimate of drug-likeness (QED) is 0.512. The number of hydrogen-bond acceptors (Lipinski definition) is 6. The number of nitrogens with zero attached hydrogens (tertiary/aromatic N) is 2. The molecule has 3 aromatic rings. The first-order valence-corrected chi connectivity index (χ1v) is 11.8. The van der Waals surface area contributed by atoms with Crippen LogP contribution in [0.4, 0.5) is 5.82 Å². The lowest BCUT2D eigenvalue weighted by atomic mass is 9.99. The fourth-order valence-electron chi connectivity index (χ4n) is 4.22. The van der Waals surface area contributed by atoms with Gasteiger partial charge in [0.25, 0.3) is 5.91 Å². The van der Waals surface area contributed by atoms with Crippen molar-refractivity contribution in [2.75, 3.05) is 45.4 Å². The summed E-state index contributed by atoms with van der Waals surface area (Å²) in [5.74, 6) is 3.55. The van der Waals surface area contributed by atoms with Crippen LogP contribution in [0.2, 0.25) is 0 Å². The Hall–Kier alpha value is -3.48. The van der Waals surface area contributed by atoms with Gasteiger partial charge < -0.3 is 24.4 Å². The molecule has 1 amide bonds. The van der Waals surface area contributed by atoms with E-state index in [0.717, 1.165) is 41.3 Å². The average Bonchev–Trinajstić information content (AvgIpc) is 2.87. The van der Waals surface area contributed by atoms with E-state index in [1.54, 1.807) is 14.2 Å². The number of anilines is 1. The van der Waals surface area contributed by atoms with Crippen LogP contribution in [0.1, 0.15) is 25.3 Å². The Morgan fingerprint density at radius 1 is 1.03 bits per heavy atom. The highest BCUT2D eigenvalue weighted by Crippen LogP contribution is 2.29. The number of carbonyl (C=O) groups is 1. The summed E-state index contributed by atoms with van der Waals surface area (Å²) in [4.78, 5) is 19.6. The summed E-state index contributed by atoms with van der Waals surface area (Å²) in [5, 5.41) is 3.92. The van der Waals surface area contributed by atoms with Crippen LogP contribution in [0.5, 0.6) is 17.2 Å². The van der Waals surface area contributed by atoms with Crippen LogP contribution >= 0.6 is 0 Å². The van der Waals surface area contributed by atoms with Gasteiger partial charge in [0.05, 0.1) is 14.2 Å². The van der Waals surface area contributed by atoms with Crippen LogP contribution in [0.3, 0.4) is 0 Å². The smallest absolute Gasteiger partial charge is 0.257 e. The fourth-order valence-corrected chi connectivity index (χ4v) is 4.22. The van der Waals surface area contributed by atoms with Crippen molar-refractivity contribution in [3.05, 3.63) is 54.1 Å². The number of carbonyl (C=O) groups excluding carboxylic acids is 1. The van der Waals surface area contributed by atoms with Gasteiger partial charge in [0.15, 0.2) is 18.1 Å².